The van der Waals surface area contributed by atoms with Crippen molar-refractivity contribution in [3.05, 3.63) is 35.4 Å². The molecule has 0 saturated heterocycles. The fraction of sp³-hybridized carbons (Fsp3) is 0.667. The highest BCUT2D eigenvalue weighted by molar-refractivity contribution is 5.21. The summed E-state index contributed by atoms with van der Waals surface area (Å²) in [6, 6.07) is 4.36. The van der Waals surface area contributed by atoms with Gasteiger partial charge in [-0.1, -0.05) is 64.9 Å². The molecule has 0 spiro atoms. The van der Waals surface area contributed by atoms with Crippen LogP contribution in [0.25, 0.3) is 0 Å². The Balaban J connectivity index is 2.37. The Morgan fingerprint density at radius 3 is 2.19 bits per heavy atom. The second-order valence-corrected chi connectivity index (χ2v) is 5.69. The van der Waals surface area contributed by atoms with E-state index < -0.39 is 11.6 Å². The quantitative estimate of drug-likeness (QED) is 0.512. The average molecular weight is 297 g/mol. The number of halogens is 2. The SMILES string of the molecule is CCCCCCCCCC(NCC)c1ccc(F)c(F)c1. The molecule has 0 aliphatic heterocycles. The standard InChI is InChI=1S/C18H29F2N/c1-3-5-6-7-8-9-10-11-18(21-4-2)15-12-13-16(19)17(20)14-15/h12-14,18,21H,3-11H2,1-2H3. The van der Waals surface area contributed by atoms with Crippen LogP contribution in [0.15, 0.2) is 18.2 Å². The van der Waals surface area contributed by atoms with Gasteiger partial charge in [0.1, 0.15) is 0 Å². The molecule has 120 valence electrons. The topological polar surface area (TPSA) is 12.0 Å². The van der Waals surface area contributed by atoms with Crippen LogP contribution >= 0.6 is 0 Å². The maximum Gasteiger partial charge on any atom is 0.159 e. The highest BCUT2D eigenvalue weighted by Crippen LogP contribution is 2.22. The average Bonchev–Trinajstić information content (AvgIpc) is 2.48. The van der Waals surface area contributed by atoms with Crippen LogP contribution in [0, 0.1) is 11.6 Å². The van der Waals surface area contributed by atoms with Gasteiger partial charge in [0.15, 0.2) is 11.6 Å². The molecule has 0 bridgehead atoms. The Hall–Kier alpha value is -0.960. The maximum atomic E-state index is 13.3. The first-order valence-corrected chi connectivity index (χ1v) is 8.37. The summed E-state index contributed by atoms with van der Waals surface area (Å²) in [6.07, 6.45) is 9.84. The zero-order chi connectivity index (χ0) is 15.5. The fourth-order valence-electron chi connectivity index (χ4n) is 2.67. The van der Waals surface area contributed by atoms with Crippen LogP contribution in [-0.4, -0.2) is 6.54 Å². The van der Waals surface area contributed by atoms with Crippen molar-refractivity contribution >= 4 is 0 Å². The van der Waals surface area contributed by atoms with E-state index in [9.17, 15) is 8.78 Å². The lowest BCUT2D eigenvalue weighted by atomic mass is 9.99. The number of benzene rings is 1. The highest BCUT2D eigenvalue weighted by atomic mass is 19.2. The van der Waals surface area contributed by atoms with Gasteiger partial charge in [-0.2, -0.15) is 0 Å². The van der Waals surface area contributed by atoms with E-state index >= 15 is 0 Å². The minimum Gasteiger partial charge on any atom is -0.310 e. The first kappa shape index (κ1) is 18.1. The molecule has 1 N–H and O–H groups in total. The normalized spacial score (nSPS) is 12.6. The van der Waals surface area contributed by atoms with Crippen molar-refractivity contribution in [3.8, 4) is 0 Å². The third kappa shape index (κ3) is 7.03. The molecule has 0 aromatic heterocycles. The predicted octanol–water partition coefficient (Wildman–Crippen LogP) is 5.76. The number of hydrogen-bond acceptors (Lipinski definition) is 1. The maximum absolute atomic E-state index is 13.3. The van der Waals surface area contributed by atoms with E-state index in [0.717, 1.165) is 24.9 Å². The summed E-state index contributed by atoms with van der Waals surface area (Å²) in [5, 5.41) is 3.37. The smallest absolute Gasteiger partial charge is 0.159 e. The van der Waals surface area contributed by atoms with Gasteiger partial charge in [-0.3, -0.25) is 0 Å². The molecular weight excluding hydrogens is 268 g/mol. The summed E-state index contributed by atoms with van der Waals surface area (Å²) in [5.74, 6) is -1.53. The second-order valence-electron chi connectivity index (χ2n) is 5.69. The van der Waals surface area contributed by atoms with Gasteiger partial charge in [-0.25, -0.2) is 8.78 Å². The first-order valence-electron chi connectivity index (χ1n) is 8.37. The lowest BCUT2D eigenvalue weighted by molar-refractivity contribution is 0.466. The summed E-state index contributed by atoms with van der Waals surface area (Å²) in [6.45, 7) is 5.10. The molecule has 1 aromatic rings. The van der Waals surface area contributed by atoms with Gasteiger partial charge in [0.05, 0.1) is 0 Å². The van der Waals surface area contributed by atoms with Crippen LogP contribution in [0.5, 0.6) is 0 Å². The van der Waals surface area contributed by atoms with E-state index in [1.807, 2.05) is 6.92 Å². The van der Waals surface area contributed by atoms with Crippen molar-refractivity contribution < 1.29 is 8.78 Å². The molecule has 0 heterocycles. The van der Waals surface area contributed by atoms with E-state index in [4.69, 9.17) is 0 Å². The molecule has 1 aromatic carbocycles. The highest BCUT2D eigenvalue weighted by Gasteiger charge is 2.12. The number of unbranched alkanes of at least 4 members (excludes halogenated alkanes) is 6. The van der Waals surface area contributed by atoms with Crippen LogP contribution in [0.1, 0.15) is 76.8 Å². The van der Waals surface area contributed by atoms with Gasteiger partial charge in [0.2, 0.25) is 0 Å². The van der Waals surface area contributed by atoms with Crippen molar-refractivity contribution in [2.24, 2.45) is 0 Å². The molecular formula is C18H29F2N. The fourth-order valence-corrected chi connectivity index (χ4v) is 2.67. The van der Waals surface area contributed by atoms with E-state index in [1.165, 1.54) is 50.7 Å². The van der Waals surface area contributed by atoms with Crippen molar-refractivity contribution in [1.29, 1.82) is 0 Å². The monoisotopic (exact) mass is 297 g/mol. The van der Waals surface area contributed by atoms with E-state index in [2.05, 4.69) is 12.2 Å². The molecule has 0 fully saturated rings. The predicted molar refractivity (Wildman–Crippen MR) is 85.4 cm³/mol. The first-order chi connectivity index (χ1) is 10.2. The Bertz CT molecular complexity index is 393. The minimum atomic E-state index is -0.773. The van der Waals surface area contributed by atoms with Crippen LogP contribution < -0.4 is 5.32 Å². The van der Waals surface area contributed by atoms with Crippen LogP contribution in [0.2, 0.25) is 0 Å². The molecule has 0 radical (unpaired) electrons. The van der Waals surface area contributed by atoms with Gasteiger partial charge < -0.3 is 5.32 Å². The summed E-state index contributed by atoms with van der Waals surface area (Å²) < 4.78 is 26.3. The van der Waals surface area contributed by atoms with Crippen molar-refractivity contribution in [3.63, 3.8) is 0 Å². The van der Waals surface area contributed by atoms with E-state index in [-0.39, 0.29) is 6.04 Å². The van der Waals surface area contributed by atoms with Gasteiger partial charge in [-0.05, 0) is 30.7 Å². The lowest BCUT2D eigenvalue weighted by Gasteiger charge is -2.18. The van der Waals surface area contributed by atoms with Gasteiger partial charge in [0.25, 0.3) is 0 Å². The van der Waals surface area contributed by atoms with Crippen molar-refractivity contribution in [2.75, 3.05) is 6.54 Å². The Morgan fingerprint density at radius 2 is 1.57 bits per heavy atom. The Kier molecular flexibility index (Phi) is 9.24. The zero-order valence-corrected chi connectivity index (χ0v) is 13.4. The molecule has 0 aliphatic rings. The van der Waals surface area contributed by atoms with Crippen LogP contribution in [0.3, 0.4) is 0 Å². The van der Waals surface area contributed by atoms with Gasteiger partial charge in [0, 0.05) is 6.04 Å². The second kappa shape index (κ2) is 10.7. The third-order valence-corrected chi connectivity index (χ3v) is 3.89. The molecule has 3 heteroatoms. The van der Waals surface area contributed by atoms with Gasteiger partial charge >= 0.3 is 0 Å². The molecule has 0 aliphatic carbocycles. The van der Waals surface area contributed by atoms with E-state index in [1.54, 1.807) is 6.07 Å². The summed E-state index contributed by atoms with van der Waals surface area (Å²) in [5.41, 5.74) is 0.849. The van der Waals surface area contributed by atoms with Crippen LogP contribution in [-0.2, 0) is 0 Å². The van der Waals surface area contributed by atoms with Crippen molar-refractivity contribution in [2.45, 2.75) is 71.3 Å². The molecule has 1 atom stereocenters. The lowest BCUT2D eigenvalue weighted by Crippen LogP contribution is -2.21. The molecule has 1 unspecified atom stereocenters. The molecule has 0 saturated carbocycles. The molecule has 1 rings (SSSR count). The molecule has 21 heavy (non-hydrogen) atoms. The molecule has 0 amide bonds. The Morgan fingerprint density at radius 1 is 0.905 bits per heavy atom. The summed E-state index contributed by atoms with van der Waals surface area (Å²) in [4.78, 5) is 0. The van der Waals surface area contributed by atoms with Crippen LogP contribution in [0.4, 0.5) is 8.78 Å². The number of hydrogen-bond donors (Lipinski definition) is 1. The zero-order valence-electron chi connectivity index (χ0n) is 13.4. The Labute approximate surface area is 128 Å². The number of nitrogens with one attached hydrogen (secondary N) is 1. The van der Waals surface area contributed by atoms with Crippen molar-refractivity contribution in [1.82, 2.24) is 5.32 Å². The largest absolute Gasteiger partial charge is 0.310 e. The summed E-state index contributed by atoms with van der Waals surface area (Å²) >= 11 is 0. The van der Waals surface area contributed by atoms with Gasteiger partial charge in [-0.15, -0.1) is 0 Å². The third-order valence-electron chi connectivity index (χ3n) is 3.89. The number of rotatable bonds is 11. The summed E-state index contributed by atoms with van der Waals surface area (Å²) in [7, 11) is 0. The van der Waals surface area contributed by atoms with E-state index in [0.29, 0.717) is 0 Å². The minimum absolute atomic E-state index is 0.126. The molecule has 1 nitrogen and oxygen atoms in total.